The second kappa shape index (κ2) is 7.59. The average molecular weight is 348 g/mol. The van der Waals surface area contributed by atoms with Gasteiger partial charge in [0.05, 0.1) is 5.56 Å². The number of pyridine rings is 1. The Morgan fingerprint density at radius 2 is 2.26 bits per heavy atom. The van der Waals surface area contributed by atoms with Crippen molar-refractivity contribution in [1.82, 2.24) is 10.3 Å². The van der Waals surface area contributed by atoms with Crippen molar-refractivity contribution in [2.24, 2.45) is 0 Å². The Morgan fingerprint density at radius 3 is 2.84 bits per heavy atom. The van der Waals surface area contributed by atoms with Crippen molar-refractivity contribution >= 4 is 38.5 Å². The highest BCUT2D eigenvalue weighted by atomic mass is 79.9. The Hall–Kier alpha value is -0.950. The smallest absolute Gasteiger partial charge is 0.255 e. The molecule has 0 aromatic carbocycles. The maximum atomic E-state index is 12.1. The summed E-state index contributed by atoms with van der Waals surface area (Å²) in [6, 6.07) is 1.69. The first-order chi connectivity index (χ1) is 8.93. The number of halogens is 1. The molecule has 1 rings (SSSR count). The van der Waals surface area contributed by atoms with Gasteiger partial charge < -0.3 is 10.6 Å². The number of amides is 1. The van der Waals surface area contributed by atoms with Gasteiger partial charge in [0.15, 0.2) is 0 Å². The summed E-state index contributed by atoms with van der Waals surface area (Å²) in [6.45, 7) is 1.90. The van der Waals surface area contributed by atoms with Crippen LogP contribution in [0.3, 0.4) is 0 Å². The van der Waals surface area contributed by atoms with Gasteiger partial charge in [0.1, 0.15) is 5.82 Å². The summed E-state index contributed by atoms with van der Waals surface area (Å²) in [4.78, 5) is 16.3. The lowest BCUT2D eigenvalue weighted by atomic mass is 10.2. The molecule has 0 bridgehead atoms. The number of carbonyl (C=O) groups is 1. The van der Waals surface area contributed by atoms with Crippen LogP contribution in [0.2, 0.25) is 0 Å². The minimum Gasteiger partial charge on any atom is -0.372 e. The van der Waals surface area contributed by atoms with Gasteiger partial charge in [0, 0.05) is 46.6 Å². The highest BCUT2D eigenvalue weighted by Crippen LogP contribution is 2.17. The first kappa shape index (κ1) is 16.1. The Morgan fingerprint density at radius 1 is 1.58 bits per heavy atom. The lowest BCUT2D eigenvalue weighted by Crippen LogP contribution is -2.34. The summed E-state index contributed by atoms with van der Waals surface area (Å²) < 4.78 is 11.8. The van der Waals surface area contributed by atoms with E-state index in [9.17, 15) is 9.00 Å². The first-order valence-electron chi connectivity index (χ1n) is 5.88. The van der Waals surface area contributed by atoms with Crippen molar-refractivity contribution in [3.05, 3.63) is 22.3 Å². The zero-order valence-corrected chi connectivity index (χ0v) is 13.6. The minimum absolute atomic E-state index is 0.0277. The average Bonchev–Trinajstić information content (AvgIpc) is 2.36. The van der Waals surface area contributed by atoms with Gasteiger partial charge in [0.25, 0.3) is 5.91 Å². The van der Waals surface area contributed by atoms with E-state index in [2.05, 4.69) is 31.5 Å². The van der Waals surface area contributed by atoms with Crippen molar-refractivity contribution in [1.29, 1.82) is 0 Å². The third-order valence-electron chi connectivity index (χ3n) is 2.55. The Balaban J connectivity index is 2.72. The molecule has 1 heterocycles. The molecule has 0 aliphatic heterocycles. The van der Waals surface area contributed by atoms with Gasteiger partial charge in [-0.3, -0.25) is 9.00 Å². The summed E-state index contributed by atoms with van der Waals surface area (Å²) >= 11 is 3.30. The van der Waals surface area contributed by atoms with E-state index in [1.807, 2.05) is 6.92 Å². The number of nitrogens with one attached hydrogen (secondary N) is 2. The number of carbonyl (C=O) groups excluding carboxylic acids is 1. The lowest BCUT2D eigenvalue weighted by Gasteiger charge is -2.14. The van der Waals surface area contributed by atoms with Crippen molar-refractivity contribution < 1.29 is 9.00 Å². The number of rotatable bonds is 6. The van der Waals surface area contributed by atoms with E-state index >= 15 is 0 Å². The van der Waals surface area contributed by atoms with Crippen molar-refractivity contribution in [3.8, 4) is 0 Å². The molecule has 2 N–H and O–H groups in total. The highest BCUT2D eigenvalue weighted by Gasteiger charge is 2.15. The fourth-order valence-electron chi connectivity index (χ4n) is 1.53. The van der Waals surface area contributed by atoms with Crippen LogP contribution in [0.1, 0.15) is 23.7 Å². The molecule has 7 heteroatoms. The van der Waals surface area contributed by atoms with Crippen molar-refractivity contribution in [2.75, 3.05) is 24.4 Å². The minimum atomic E-state index is -0.839. The van der Waals surface area contributed by atoms with E-state index in [1.165, 1.54) is 0 Å². The van der Waals surface area contributed by atoms with Crippen LogP contribution in [0.25, 0.3) is 0 Å². The number of hydrogen-bond donors (Lipinski definition) is 2. The van der Waals surface area contributed by atoms with E-state index < -0.39 is 10.8 Å². The third kappa shape index (κ3) is 5.28. The van der Waals surface area contributed by atoms with E-state index in [0.717, 1.165) is 4.47 Å². The molecule has 0 aliphatic rings. The van der Waals surface area contributed by atoms with E-state index in [1.54, 1.807) is 25.6 Å². The molecule has 106 valence electrons. The van der Waals surface area contributed by atoms with Gasteiger partial charge >= 0.3 is 0 Å². The summed E-state index contributed by atoms with van der Waals surface area (Å²) in [6.07, 6.45) is 3.98. The molecule has 2 atom stereocenters. The fourth-order valence-corrected chi connectivity index (χ4v) is 2.54. The predicted molar refractivity (Wildman–Crippen MR) is 82.0 cm³/mol. The molecule has 1 aromatic rings. The van der Waals surface area contributed by atoms with Gasteiger partial charge in [-0.2, -0.15) is 0 Å². The third-order valence-corrected chi connectivity index (χ3v) is 3.80. The van der Waals surface area contributed by atoms with Crippen LogP contribution in [0.5, 0.6) is 0 Å². The summed E-state index contributed by atoms with van der Waals surface area (Å²) in [5, 5.41) is 5.77. The molecule has 0 radical (unpaired) electrons. The Labute approximate surface area is 124 Å². The van der Waals surface area contributed by atoms with Crippen molar-refractivity contribution in [3.63, 3.8) is 0 Å². The first-order valence-corrected chi connectivity index (χ1v) is 8.40. The molecule has 0 aliphatic carbocycles. The van der Waals surface area contributed by atoms with E-state index in [4.69, 9.17) is 0 Å². The Bertz CT molecular complexity index is 482. The molecule has 2 unspecified atom stereocenters. The van der Waals surface area contributed by atoms with Crippen molar-refractivity contribution in [2.45, 2.75) is 19.4 Å². The maximum Gasteiger partial charge on any atom is 0.255 e. The van der Waals surface area contributed by atoms with Crippen LogP contribution in [0.4, 0.5) is 5.82 Å². The van der Waals surface area contributed by atoms with Gasteiger partial charge in [0.2, 0.25) is 0 Å². The van der Waals surface area contributed by atoms with E-state index in [0.29, 0.717) is 23.6 Å². The largest absolute Gasteiger partial charge is 0.372 e. The van der Waals surface area contributed by atoms with Crippen LogP contribution in [-0.2, 0) is 10.8 Å². The zero-order valence-electron chi connectivity index (χ0n) is 11.2. The second-order valence-corrected chi connectivity index (χ2v) is 6.71. The molecule has 0 saturated carbocycles. The SMILES string of the molecule is CNc1ncc(Br)cc1C(=O)NC(C)CCS(C)=O. The summed E-state index contributed by atoms with van der Waals surface area (Å²) in [5.41, 5.74) is 0.487. The number of hydrogen-bond acceptors (Lipinski definition) is 4. The van der Waals surface area contributed by atoms with E-state index in [-0.39, 0.29) is 11.9 Å². The van der Waals surface area contributed by atoms with Crippen LogP contribution in [0.15, 0.2) is 16.7 Å². The fraction of sp³-hybridized carbons (Fsp3) is 0.500. The molecule has 19 heavy (non-hydrogen) atoms. The zero-order chi connectivity index (χ0) is 14.4. The topological polar surface area (TPSA) is 71.1 Å². The van der Waals surface area contributed by atoms with Gasteiger partial charge in [-0.15, -0.1) is 0 Å². The van der Waals surface area contributed by atoms with Crippen LogP contribution >= 0.6 is 15.9 Å². The van der Waals surface area contributed by atoms with Gasteiger partial charge in [-0.05, 0) is 35.3 Å². The molecule has 0 spiro atoms. The number of nitrogens with zero attached hydrogens (tertiary/aromatic N) is 1. The van der Waals surface area contributed by atoms with Crippen LogP contribution < -0.4 is 10.6 Å². The Kier molecular flexibility index (Phi) is 6.44. The molecule has 0 fully saturated rings. The molecule has 1 aromatic heterocycles. The van der Waals surface area contributed by atoms with Gasteiger partial charge in [-0.25, -0.2) is 4.98 Å². The molecular formula is C12H18BrN3O2S. The number of anilines is 1. The normalized spacial score (nSPS) is 13.7. The van der Waals surface area contributed by atoms with Crippen LogP contribution in [-0.4, -0.2) is 40.2 Å². The van der Waals surface area contributed by atoms with Gasteiger partial charge in [-0.1, -0.05) is 0 Å². The lowest BCUT2D eigenvalue weighted by molar-refractivity contribution is 0.0940. The molecule has 0 saturated heterocycles. The highest BCUT2D eigenvalue weighted by molar-refractivity contribution is 9.10. The second-order valence-electron chi connectivity index (χ2n) is 4.24. The van der Waals surface area contributed by atoms with Crippen LogP contribution in [0, 0.1) is 0 Å². The monoisotopic (exact) mass is 347 g/mol. The quantitative estimate of drug-likeness (QED) is 0.822. The molecular weight excluding hydrogens is 330 g/mol. The standard InChI is InChI=1S/C12H18BrN3O2S/c1-8(4-5-19(3)18)16-12(17)10-6-9(13)7-15-11(10)14-2/h6-8H,4-5H2,1-3H3,(H,14,15)(H,16,17). The maximum absolute atomic E-state index is 12.1. The molecule has 1 amide bonds. The molecule has 5 nitrogen and oxygen atoms in total. The number of aromatic nitrogens is 1. The summed E-state index contributed by atoms with van der Waals surface area (Å²) in [7, 11) is 0.880. The summed E-state index contributed by atoms with van der Waals surface area (Å²) in [5.74, 6) is 0.927. The predicted octanol–water partition coefficient (Wildman–Crippen LogP) is 1.77.